The summed E-state index contributed by atoms with van der Waals surface area (Å²) in [5.74, 6) is 1.82. The Kier molecular flexibility index (Phi) is 3.46. The van der Waals surface area contributed by atoms with Crippen LogP contribution >= 0.6 is 0 Å². The van der Waals surface area contributed by atoms with Gasteiger partial charge in [0, 0.05) is 46.2 Å². The summed E-state index contributed by atoms with van der Waals surface area (Å²) < 4.78 is 1.97. The Bertz CT molecular complexity index is 338. The van der Waals surface area contributed by atoms with Crippen molar-refractivity contribution in [2.75, 3.05) is 45.5 Å². The zero-order chi connectivity index (χ0) is 11.5. The van der Waals surface area contributed by atoms with E-state index in [1.54, 1.807) is 6.20 Å². The van der Waals surface area contributed by atoms with Crippen LogP contribution in [0.15, 0.2) is 6.20 Å². The minimum Gasteiger partial charge on any atom is -0.384 e. The van der Waals surface area contributed by atoms with E-state index in [4.69, 9.17) is 5.73 Å². The first kappa shape index (κ1) is 11.4. The lowest BCUT2D eigenvalue weighted by atomic mass is 10.3. The maximum absolute atomic E-state index is 5.75. The lowest BCUT2D eigenvalue weighted by Crippen LogP contribution is -2.45. The highest BCUT2D eigenvalue weighted by atomic mass is 15.2. The smallest absolute Gasteiger partial charge is 0.123 e. The molecule has 2 rings (SSSR count). The van der Waals surface area contributed by atoms with Crippen LogP contribution in [0.3, 0.4) is 0 Å². The van der Waals surface area contributed by atoms with Crippen molar-refractivity contribution < 1.29 is 0 Å². The molecule has 5 heteroatoms. The van der Waals surface area contributed by atoms with E-state index in [0.29, 0.717) is 0 Å². The van der Waals surface area contributed by atoms with Crippen molar-refractivity contribution in [3.05, 3.63) is 12.0 Å². The monoisotopic (exact) mass is 223 g/mol. The number of piperazine rings is 1. The highest BCUT2D eigenvalue weighted by Crippen LogP contribution is 2.06. The van der Waals surface area contributed by atoms with Crippen LogP contribution in [0.5, 0.6) is 0 Å². The minimum atomic E-state index is 0.744. The number of imidazole rings is 1. The van der Waals surface area contributed by atoms with E-state index in [2.05, 4.69) is 21.8 Å². The maximum atomic E-state index is 5.75. The Morgan fingerprint density at radius 2 is 1.94 bits per heavy atom. The van der Waals surface area contributed by atoms with E-state index in [1.807, 2.05) is 11.6 Å². The summed E-state index contributed by atoms with van der Waals surface area (Å²) in [6, 6.07) is 0. The summed E-state index contributed by atoms with van der Waals surface area (Å²) in [5.41, 5.74) is 5.75. The lowest BCUT2D eigenvalue weighted by molar-refractivity contribution is 0.154. The van der Waals surface area contributed by atoms with Gasteiger partial charge < -0.3 is 20.1 Å². The van der Waals surface area contributed by atoms with Gasteiger partial charge in [0.2, 0.25) is 0 Å². The third kappa shape index (κ3) is 2.54. The molecule has 0 amide bonds. The average Bonchev–Trinajstić information content (AvgIpc) is 2.60. The fourth-order valence-corrected chi connectivity index (χ4v) is 2.02. The number of nitrogens with two attached hydrogens (primary N) is 1. The third-order valence-electron chi connectivity index (χ3n) is 3.37. The molecule has 0 aromatic carbocycles. The van der Waals surface area contributed by atoms with Crippen LogP contribution < -0.4 is 5.73 Å². The van der Waals surface area contributed by atoms with Gasteiger partial charge in [0.1, 0.15) is 11.6 Å². The van der Waals surface area contributed by atoms with Gasteiger partial charge in [0.05, 0.1) is 6.20 Å². The second-order valence-electron chi connectivity index (χ2n) is 4.55. The Balaban J connectivity index is 1.81. The lowest BCUT2D eigenvalue weighted by Gasteiger charge is -2.32. The van der Waals surface area contributed by atoms with Gasteiger partial charge in [-0.05, 0) is 7.05 Å². The van der Waals surface area contributed by atoms with E-state index in [0.717, 1.165) is 37.7 Å². The molecule has 0 atom stereocenters. The molecule has 0 spiro atoms. The van der Waals surface area contributed by atoms with E-state index < -0.39 is 0 Å². The molecule has 5 nitrogen and oxygen atoms in total. The molecule has 1 fully saturated rings. The van der Waals surface area contributed by atoms with Crippen molar-refractivity contribution in [2.45, 2.75) is 6.42 Å². The molecule has 16 heavy (non-hydrogen) atoms. The standard InChI is InChI=1S/C11H21N5/c1-14-5-7-16(8-6-14)4-3-11-13-9-10(12)15(11)2/h9H,3-8,12H2,1-2H3. The van der Waals surface area contributed by atoms with Gasteiger partial charge in [0.15, 0.2) is 0 Å². The second kappa shape index (κ2) is 4.84. The molecule has 0 aliphatic carbocycles. The Morgan fingerprint density at radius 3 is 2.50 bits per heavy atom. The summed E-state index contributed by atoms with van der Waals surface area (Å²) in [7, 11) is 4.15. The van der Waals surface area contributed by atoms with Crippen LogP contribution in [-0.2, 0) is 13.5 Å². The molecular weight excluding hydrogens is 202 g/mol. The molecule has 1 saturated heterocycles. The number of hydrogen-bond acceptors (Lipinski definition) is 4. The van der Waals surface area contributed by atoms with Gasteiger partial charge in [0.25, 0.3) is 0 Å². The van der Waals surface area contributed by atoms with Crippen molar-refractivity contribution in [2.24, 2.45) is 7.05 Å². The fourth-order valence-electron chi connectivity index (χ4n) is 2.02. The largest absolute Gasteiger partial charge is 0.384 e. The summed E-state index contributed by atoms with van der Waals surface area (Å²) in [6.45, 7) is 5.75. The normalized spacial score (nSPS) is 19.1. The zero-order valence-corrected chi connectivity index (χ0v) is 10.2. The van der Waals surface area contributed by atoms with Crippen LogP contribution in [0, 0.1) is 0 Å². The number of aromatic nitrogens is 2. The molecule has 1 aliphatic rings. The van der Waals surface area contributed by atoms with Crippen molar-refractivity contribution in [3.8, 4) is 0 Å². The Labute approximate surface area is 96.8 Å². The number of anilines is 1. The molecule has 0 saturated carbocycles. The van der Waals surface area contributed by atoms with Gasteiger partial charge in [-0.15, -0.1) is 0 Å². The molecule has 0 bridgehead atoms. The molecular formula is C11H21N5. The van der Waals surface area contributed by atoms with E-state index >= 15 is 0 Å². The van der Waals surface area contributed by atoms with Crippen LogP contribution in [0.25, 0.3) is 0 Å². The summed E-state index contributed by atoms with van der Waals surface area (Å²) >= 11 is 0. The quantitative estimate of drug-likeness (QED) is 0.770. The van der Waals surface area contributed by atoms with E-state index in [9.17, 15) is 0 Å². The fraction of sp³-hybridized carbons (Fsp3) is 0.727. The second-order valence-corrected chi connectivity index (χ2v) is 4.55. The van der Waals surface area contributed by atoms with Crippen LogP contribution in [0.2, 0.25) is 0 Å². The van der Waals surface area contributed by atoms with Crippen molar-refractivity contribution >= 4 is 5.82 Å². The van der Waals surface area contributed by atoms with Crippen LogP contribution in [-0.4, -0.2) is 59.1 Å². The van der Waals surface area contributed by atoms with Crippen molar-refractivity contribution in [1.29, 1.82) is 0 Å². The first-order valence-corrected chi connectivity index (χ1v) is 5.84. The highest BCUT2D eigenvalue weighted by Gasteiger charge is 2.14. The molecule has 90 valence electrons. The molecule has 1 aromatic heterocycles. The molecule has 1 aliphatic heterocycles. The van der Waals surface area contributed by atoms with Gasteiger partial charge in [-0.25, -0.2) is 4.98 Å². The van der Waals surface area contributed by atoms with Gasteiger partial charge in [-0.1, -0.05) is 0 Å². The summed E-state index contributed by atoms with van der Waals surface area (Å²) in [5, 5.41) is 0. The maximum Gasteiger partial charge on any atom is 0.123 e. The van der Waals surface area contributed by atoms with Crippen molar-refractivity contribution in [3.63, 3.8) is 0 Å². The molecule has 2 heterocycles. The summed E-state index contributed by atoms with van der Waals surface area (Å²) in [4.78, 5) is 9.18. The molecule has 0 unspecified atom stereocenters. The van der Waals surface area contributed by atoms with Gasteiger partial charge in [-0.3, -0.25) is 0 Å². The molecule has 2 N–H and O–H groups in total. The zero-order valence-electron chi connectivity index (χ0n) is 10.2. The van der Waals surface area contributed by atoms with E-state index in [1.165, 1.54) is 13.1 Å². The van der Waals surface area contributed by atoms with E-state index in [-0.39, 0.29) is 0 Å². The number of rotatable bonds is 3. The first-order chi connectivity index (χ1) is 7.66. The topological polar surface area (TPSA) is 50.3 Å². The number of nitrogens with zero attached hydrogens (tertiary/aromatic N) is 4. The predicted molar refractivity (Wildman–Crippen MR) is 65.3 cm³/mol. The summed E-state index contributed by atoms with van der Waals surface area (Å²) in [6.07, 6.45) is 2.72. The van der Waals surface area contributed by atoms with Crippen LogP contribution in [0.1, 0.15) is 5.82 Å². The van der Waals surface area contributed by atoms with Gasteiger partial charge in [-0.2, -0.15) is 0 Å². The van der Waals surface area contributed by atoms with Crippen molar-refractivity contribution in [1.82, 2.24) is 19.4 Å². The number of nitrogen functional groups attached to an aromatic ring is 1. The highest BCUT2D eigenvalue weighted by molar-refractivity contribution is 5.27. The molecule has 0 radical (unpaired) electrons. The number of likely N-dealkylation sites (N-methyl/N-ethyl adjacent to an activating group) is 1. The predicted octanol–water partition coefficient (Wildman–Crippen LogP) is -0.208. The Hall–Kier alpha value is -1.07. The molecule has 1 aromatic rings. The Morgan fingerprint density at radius 1 is 1.25 bits per heavy atom. The van der Waals surface area contributed by atoms with Gasteiger partial charge >= 0.3 is 0 Å². The third-order valence-corrected chi connectivity index (χ3v) is 3.37. The number of hydrogen-bond donors (Lipinski definition) is 1. The minimum absolute atomic E-state index is 0.744. The average molecular weight is 223 g/mol. The SMILES string of the molecule is CN1CCN(CCc2ncc(N)n2C)CC1. The van der Waals surface area contributed by atoms with Crippen LogP contribution in [0.4, 0.5) is 5.82 Å². The first-order valence-electron chi connectivity index (χ1n) is 5.84.